The second kappa shape index (κ2) is 7.32. The minimum absolute atomic E-state index is 0.304. The van der Waals surface area contributed by atoms with Crippen LogP contribution in [0.4, 0.5) is 13.2 Å². The van der Waals surface area contributed by atoms with Gasteiger partial charge in [-0.2, -0.15) is 0 Å². The lowest BCUT2D eigenvalue weighted by Crippen LogP contribution is -2.17. The zero-order chi connectivity index (χ0) is 18.7. The third-order valence-corrected chi connectivity index (χ3v) is 4.20. The van der Waals surface area contributed by atoms with Gasteiger partial charge >= 0.3 is 6.36 Å². The fraction of sp³-hybridized carbons (Fsp3) is 0.250. The van der Waals surface area contributed by atoms with E-state index in [1.165, 1.54) is 36.7 Å². The summed E-state index contributed by atoms with van der Waals surface area (Å²) in [6.07, 6.45) is -1.95. The molecule has 0 radical (unpaired) electrons. The molecule has 0 amide bonds. The van der Waals surface area contributed by atoms with Crippen LogP contribution in [0.5, 0.6) is 11.5 Å². The Bertz CT molecular complexity index is 823. The highest BCUT2D eigenvalue weighted by Gasteiger charge is 2.31. The first-order valence-corrected chi connectivity index (χ1v) is 8.92. The fourth-order valence-electron chi connectivity index (χ4n) is 2.21. The van der Waals surface area contributed by atoms with Crippen molar-refractivity contribution in [2.75, 3.05) is 6.26 Å². The van der Waals surface area contributed by atoms with E-state index >= 15 is 0 Å². The largest absolute Gasteiger partial charge is 0.573 e. The van der Waals surface area contributed by atoms with Crippen molar-refractivity contribution in [1.29, 1.82) is 0 Å². The Balaban J connectivity index is 1.58. The van der Waals surface area contributed by atoms with Gasteiger partial charge in [-0.1, -0.05) is 17.3 Å². The molecule has 0 N–H and O–H groups in total. The van der Waals surface area contributed by atoms with Crippen LogP contribution in [-0.2, 0) is 15.6 Å². The first-order valence-electron chi connectivity index (χ1n) is 7.36. The monoisotopic (exact) mass is 386 g/mol. The Morgan fingerprint density at radius 2 is 1.85 bits per heavy atom. The van der Waals surface area contributed by atoms with Crippen LogP contribution in [0.25, 0.3) is 0 Å². The maximum Gasteiger partial charge on any atom is 0.573 e. The molecule has 3 rings (SSSR count). The molecule has 0 saturated carbocycles. The molecule has 26 heavy (non-hydrogen) atoms. The molecule has 1 aromatic heterocycles. The minimum atomic E-state index is -4.73. The number of oxime groups is 1. The van der Waals surface area contributed by atoms with Crippen molar-refractivity contribution in [2.45, 2.75) is 23.9 Å². The van der Waals surface area contributed by atoms with E-state index in [0.29, 0.717) is 28.7 Å². The van der Waals surface area contributed by atoms with Crippen molar-refractivity contribution in [3.05, 3.63) is 48.2 Å². The van der Waals surface area contributed by atoms with Crippen LogP contribution in [0.2, 0.25) is 0 Å². The van der Waals surface area contributed by atoms with Crippen LogP contribution in [0, 0.1) is 0 Å². The molecule has 1 unspecified atom stereocenters. The molecular formula is C16H13F3N2O4S. The quantitative estimate of drug-likeness (QED) is 0.804. The fourth-order valence-corrected chi connectivity index (χ4v) is 2.67. The summed E-state index contributed by atoms with van der Waals surface area (Å²) in [5.74, 6) is 0.407. The Morgan fingerprint density at radius 1 is 1.15 bits per heavy atom. The molecule has 0 bridgehead atoms. The topological polar surface area (TPSA) is 70.0 Å². The molecule has 2 atom stereocenters. The zero-order valence-electron chi connectivity index (χ0n) is 13.4. The van der Waals surface area contributed by atoms with Gasteiger partial charge in [-0.05, 0) is 29.8 Å². The number of aromatic nitrogens is 1. The number of hydrogen-bond donors (Lipinski definition) is 0. The summed E-state index contributed by atoms with van der Waals surface area (Å²) in [4.78, 5) is 9.27. The predicted molar refractivity (Wildman–Crippen MR) is 86.2 cm³/mol. The van der Waals surface area contributed by atoms with Gasteiger partial charge in [0, 0.05) is 6.26 Å². The van der Waals surface area contributed by atoms with Crippen molar-refractivity contribution in [3.63, 3.8) is 0 Å². The van der Waals surface area contributed by atoms with E-state index in [1.807, 2.05) is 0 Å². The number of benzene rings is 1. The molecule has 2 heterocycles. The summed E-state index contributed by atoms with van der Waals surface area (Å²) in [6, 6.07) is 8.55. The smallest absolute Gasteiger partial charge is 0.438 e. The Labute approximate surface area is 149 Å². The lowest BCUT2D eigenvalue weighted by molar-refractivity contribution is -0.274. The predicted octanol–water partition coefficient (Wildman–Crippen LogP) is 3.57. The Kier molecular flexibility index (Phi) is 5.12. The molecule has 1 aliphatic rings. The van der Waals surface area contributed by atoms with Gasteiger partial charge in [0.15, 0.2) is 6.10 Å². The van der Waals surface area contributed by atoms with Crippen molar-refractivity contribution < 1.29 is 31.7 Å². The number of pyridine rings is 1. The third kappa shape index (κ3) is 4.72. The summed E-state index contributed by atoms with van der Waals surface area (Å²) >= 11 is 0. The number of halogens is 3. The van der Waals surface area contributed by atoms with Gasteiger partial charge in [-0.3, -0.25) is 4.21 Å². The van der Waals surface area contributed by atoms with E-state index < -0.39 is 23.3 Å². The van der Waals surface area contributed by atoms with Gasteiger partial charge in [0.25, 0.3) is 0 Å². The average molecular weight is 386 g/mol. The molecule has 0 fully saturated rings. The van der Waals surface area contributed by atoms with E-state index in [4.69, 9.17) is 9.57 Å². The molecular weight excluding hydrogens is 373 g/mol. The van der Waals surface area contributed by atoms with Crippen LogP contribution < -0.4 is 9.47 Å². The molecule has 0 saturated heterocycles. The highest BCUT2D eigenvalue weighted by Crippen LogP contribution is 2.30. The summed E-state index contributed by atoms with van der Waals surface area (Å²) in [7, 11) is -1.18. The molecule has 0 aliphatic carbocycles. The van der Waals surface area contributed by atoms with Crippen LogP contribution in [0.15, 0.2) is 52.8 Å². The number of alkyl halides is 3. The highest BCUT2D eigenvalue weighted by atomic mass is 32.2. The van der Waals surface area contributed by atoms with E-state index in [1.54, 1.807) is 12.1 Å². The van der Waals surface area contributed by atoms with Gasteiger partial charge in [0.2, 0.25) is 5.90 Å². The summed E-state index contributed by atoms with van der Waals surface area (Å²) in [5.41, 5.74) is 0.636. The minimum Gasteiger partial charge on any atom is -0.438 e. The lowest BCUT2D eigenvalue weighted by Gasteiger charge is -2.11. The molecule has 138 valence electrons. The molecule has 10 heteroatoms. The molecule has 1 aromatic carbocycles. The standard InChI is InChI=1S/C16H13F3N2O4S/c1-26(22)15-7-6-12(9-20-15)23-14-8-13(25-21-14)10-2-4-11(5-3-10)24-16(17,18)19/h2-7,9,13H,8H2,1H3/t13-,26?/m0/s1. The van der Waals surface area contributed by atoms with Crippen LogP contribution in [-0.4, -0.2) is 27.7 Å². The van der Waals surface area contributed by atoms with E-state index in [9.17, 15) is 17.4 Å². The van der Waals surface area contributed by atoms with Gasteiger partial charge in [0.05, 0.1) is 23.4 Å². The Morgan fingerprint density at radius 3 is 2.42 bits per heavy atom. The zero-order valence-corrected chi connectivity index (χ0v) is 14.2. The van der Waals surface area contributed by atoms with Gasteiger partial charge in [-0.15, -0.1) is 13.2 Å². The van der Waals surface area contributed by atoms with Crippen molar-refractivity contribution in [3.8, 4) is 11.5 Å². The molecule has 6 nitrogen and oxygen atoms in total. The summed E-state index contributed by atoms with van der Waals surface area (Å²) in [5, 5.41) is 4.26. The number of rotatable bonds is 4. The first kappa shape index (κ1) is 18.2. The molecule has 2 aromatic rings. The second-order valence-corrected chi connectivity index (χ2v) is 6.61. The van der Waals surface area contributed by atoms with Crippen LogP contribution >= 0.6 is 0 Å². The third-order valence-electron chi connectivity index (χ3n) is 3.37. The maximum absolute atomic E-state index is 12.2. The molecule has 0 spiro atoms. The SMILES string of the molecule is CS(=O)c1ccc(OC2=NO[C@H](c3ccc(OC(F)(F)F)cc3)C2)cn1. The number of nitrogens with zero attached hydrogens (tertiary/aromatic N) is 2. The molecule has 1 aliphatic heterocycles. The van der Waals surface area contributed by atoms with Crippen LogP contribution in [0.1, 0.15) is 18.1 Å². The van der Waals surface area contributed by atoms with E-state index in [-0.39, 0.29) is 5.75 Å². The average Bonchev–Trinajstić information content (AvgIpc) is 3.03. The number of ether oxygens (including phenoxy) is 2. The van der Waals surface area contributed by atoms with Crippen molar-refractivity contribution in [1.82, 2.24) is 4.98 Å². The van der Waals surface area contributed by atoms with Crippen molar-refractivity contribution >= 4 is 16.7 Å². The van der Waals surface area contributed by atoms with Crippen LogP contribution in [0.3, 0.4) is 0 Å². The normalized spacial score (nSPS) is 18.0. The van der Waals surface area contributed by atoms with Gasteiger partial charge in [-0.25, -0.2) is 4.98 Å². The van der Waals surface area contributed by atoms with Gasteiger partial charge < -0.3 is 14.3 Å². The second-order valence-electron chi connectivity index (χ2n) is 5.29. The van der Waals surface area contributed by atoms with E-state index in [0.717, 1.165) is 0 Å². The Hall–Kier alpha value is -2.62. The summed E-state index contributed by atoms with van der Waals surface area (Å²) in [6.45, 7) is 0. The van der Waals surface area contributed by atoms with Crippen molar-refractivity contribution in [2.24, 2.45) is 5.16 Å². The van der Waals surface area contributed by atoms with Gasteiger partial charge in [0.1, 0.15) is 16.5 Å². The maximum atomic E-state index is 12.2. The summed E-state index contributed by atoms with van der Waals surface area (Å²) < 4.78 is 57.2. The number of hydrogen-bond acceptors (Lipinski definition) is 6. The van der Waals surface area contributed by atoms with E-state index in [2.05, 4.69) is 14.9 Å². The lowest BCUT2D eigenvalue weighted by atomic mass is 10.1. The highest BCUT2D eigenvalue weighted by molar-refractivity contribution is 7.84. The first-order chi connectivity index (χ1) is 12.3.